The van der Waals surface area contributed by atoms with Crippen LogP contribution in [-0.2, 0) is 11.3 Å². The van der Waals surface area contributed by atoms with E-state index in [1.54, 1.807) is 26.4 Å². The van der Waals surface area contributed by atoms with Gasteiger partial charge in [0.2, 0.25) is 0 Å². The highest BCUT2D eigenvalue weighted by molar-refractivity contribution is 5.99. The smallest absolute Gasteiger partial charge is 0.338 e. The maximum absolute atomic E-state index is 11.9. The molecule has 0 N–H and O–H groups in total. The Hall–Kier alpha value is -3.21. The van der Waals surface area contributed by atoms with E-state index in [1.165, 1.54) is 7.11 Å². The Bertz CT molecular complexity index is 919. The van der Waals surface area contributed by atoms with Gasteiger partial charge in [-0.1, -0.05) is 30.3 Å². The van der Waals surface area contributed by atoms with Crippen molar-refractivity contribution in [2.24, 2.45) is 0 Å². The normalized spacial score (nSPS) is 10.4. The third kappa shape index (κ3) is 3.57. The van der Waals surface area contributed by atoms with Crippen LogP contribution in [0, 0.1) is 0 Å². The van der Waals surface area contributed by atoms with Gasteiger partial charge in [0.05, 0.1) is 26.9 Å². The van der Waals surface area contributed by atoms with Crippen molar-refractivity contribution in [3.05, 3.63) is 65.7 Å². The number of esters is 1. The number of carbonyl (C=O) groups excluding carboxylic acids is 1. The van der Waals surface area contributed by atoms with E-state index >= 15 is 0 Å². The molecule has 0 aliphatic heterocycles. The molecule has 5 heteroatoms. The summed E-state index contributed by atoms with van der Waals surface area (Å²) in [6.07, 6.45) is 0. The third-order valence-electron chi connectivity index (χ3n) is 4.08. The van der Waals surface area contributed by atoms with Crippen LogP contribution in [0.3, 0.4) is 0 Å². The Kier molecular flexibility index (Phi) is 5.27. The van der Waals surface area contributed by atoms with E-state index in [0.29, 0.717) is 29.4 Å². The second kappa shape index (κ2) is 7.78. The standard InChI is InChI=1S/C21H20O5/c1-23-18-11-16(21(22)25-3)9-15-10-19(24-2)20(12-17(15)18)26-13-14-7-5-4-6-8-14/h4-12H,13H2,1-3H3. The zero-order chi connectivity index (χ0) is 18.5. The number of ether oxygens (including phenoxy) is 4. The topological polar surface area (TPSA) is 54.0 Å². The zero-order valence-electron chi connectivity index (χ0n) is 14.9. The van der Waals surface area contributed by atoms with Crippen molar-refractivity contribution in [2.45, 2.75) is 6.61 Å². The van der Waals surface area contributed by atoms with E-state index < -0.39 is 5.97 Å². The average Bonchev–Trinajstić information content (AvgIpc) is 2.70. The second-order valence-corrected chi connectivity index (χ2v) is 5.67. The molecule has 0 heterocycles. The van der Waals surface area contributed by atoms with Gasteiger partial charge < -0.3 is 18.9 Å². The van der Waals surface area contributed by atoms with Crippen molar-refractivity contribution < 1.29 is 23.7 Å². The molecule has 3 aromatic carbocycles. The molecule has 134 valence electrons. The number of hydrogen-bond donors (Lipinski definition) is 0. The number of carbonyl (C=O) groups is 1. The molecule has 0 atom stereocenters. The summed E-state index contributed by atoms with van der Waals surface area (Å²) in [6.45, 7) is 0.422. The third-order valence-corrected chi connectivity index (χ3v) is 4.08. The largest absolute Gasteiger partial charge is 0.496 e. The molecule has 0 aromatic heterocycles. The number of hydrogen-bond acceptors (Lipinski definition) is 5. The van der Waals surface area contributed by atoms with Gasteiger partial charge in [-0.05, 0) is 35.2 Å². The molecule has 0 spiro atoms. The highest BCUT2D eigenvalue weighted by atomic mass is 16.5. The van der Waals surface area contributed by atoms with Crippen LogP contribution in [0.15, 0.2) is 54.6 Å². The SMILES string of the molecule is COC(=O)c1cc(OC)c2cc(OCc3ccccc3)c(OC)cc2c1. The molecule has 0 unspecified atom stereocenters. The lowest BCUT2D eigenvalue weighted by atomic mass is 10.0. The first kappa shape index (κ1) is 17.6. The van der Waals surface area contributed by atoms with Crippen molar-refractivity contribution >= 4 is 16.7 Å². The fourth-order valence-electron chi connectivity index (χ4n) is 2.75. The molecule has 0 aliphatic rings. The van der Waals surface area contributed by atoms with Crippen LogP contribution in [0.4, 0.5) is 0 Å². The first-order chi connectivity index (χ1) is 12.7. The minimum atomic E-state index is -0.423. The van der Waals surface area contributed by atoms with Crippen molar-refractivity contribution in [3.8, 4) is 17.2 Å². The summed E-state index contributed by atoms with van der Waals surface area (Å²) in [5, 5.41) is 1.62. The Morgan fingerprint density at radius 3 is 2.23 bits per heavy atom. The van der Waals surface area contributed by atoms with E-state index in [1.807, 2.05) is 42.5 Å². The van der Waals surface area contributed by atoms with Gasteiger partial charge in [0.1, 0.15) is 12.4 Å². The summed E-state index contributed by atoms with van der Waals surface area (Å²) in [5.41, 5.74) is 1.47. The van der Waals surface area contributed by atoms with Crippen molar-refractivity contribution in [1.29, 1.82) is 0 Å². The van der Waals surface area contributed by atoms with Gasteiger partial charge in [-0.15, -0.1) is 0 Å². The van der Waals surface area contributed by atoms with Crippen LogP contribution < -0.4 is 14.2 Å². The van der Waals surface area contributed by atoms with Crippen LogP contribution in [0.25, 0.3) is 10.8 Å². The fraction of sp³-hybridized carbons (Fsp3) is 0.190. The molecule has 0 aliphatic carbocycles. The summed E-state index contributed by atoms with van der Waals surface area (Å²) < 4.78 is 21.7. The molecule has 26 heavy (non-hydrogen) atoms. The lowest BCUT2D eigenvalue weighted by Crippen LogP contribution is -2.02. The predicted molar refractivity (Wildman–Crippen MR) is 99.2 cm³/mol. The molecule has 0 bridgehead atoms. The van der Waals surface area contributed by atoms with Crippen LogP contribution in [-0.4, -0.2) is 27.3 Å². The van der Waals surface area contributed by atoms with Crippen molar-refractivity contribution in [2.75, 3.05) is 21.3 Å². The van der Waals surface area contributed by atoms with Gasteiger partial charge in [-0.25, -0.2) is 4.79 Å². The molecule has 0 saturated heterocycles. The maximum Gasteiger partial charge on any atom is 0.338 e. The van der Waals surface area contributed by atoms with Crippen LogP contribution in [0.2, 0.25) is 0 Å². The van der Waals surface area contributed by atoms with Crippen LogP contribution in [0.1, 0.15) is 15.9 Å². The molecule has 0 fully saturated rings. The molecule has 5 nitrogen and oxygen atoms in total. The summed E-state index contributed by atoms with van der Waals surface area (Å²) >= 11 is 0. The monoisotopic (exact) mass is 352 g/mol. The first-order valence-electron chi connectivity index (χ1n) is 8.11. The summed E-state index contributed by atoms with van der Waals surface area (Å²) in [7, 11) is 4.49. The van der Waals surface area contributed by atoms with Gasteiger partial charge >= 0.3 is 5.97 Å². The average molecular weight is 352 g/mol. The highest BCUT2D eigenvalue weighted by Gasteiger charge is 2.15. The van der Waals surface area contributed by atoms with E-state index in [9.17, 15) is 4.79 Å². The summed E-state index contributed by atoms with van der Waals surface area (Å²) in [4.78, 5) is 11.9. The van der Waals surface area contributed by atoms with Gasteiger partial charge in [0.15, 0.2) is 11.5 Å². The molecular formula is C21H20O5. The van der Waals surface area contributed by atoms with Crippen LogP contribution in [0.5, 0.6) is 17.2 Å². The van der Waals surface area contributed by atoms with E-state index in [4.69, 9.17) is 18.9 Å². The van der Waals surface area contributed by atoms with Gasteiger partial charge in [0, 0.05) is 5.39 Å². The van der Waals surface area contributed by atoms with Crippen LogP contribution >= 0.6 is 0 Å². The van der Waals surface area contributed by atoms with Gasteiger partial charge in [-0.2, -0.15) is 0 Å². The minimum absolute atomic E-state index is 0.414. The number of fused-ring (bicyclic) bond motifs is 1. The first-order valence-corrected chi connectivity index (χ1v) is 8.11. The molecule has 0 radical (unpaired) electrons. The van der Waals surface area contributed by atoms with Gasteiger partial charge in [0.25, 0.3) is 0 Å². The Labute approximate surface area is 152 Å². The van der Waals surface area contributed by atoms with Crippen molar-refractivity contribution in [1.82, 2.24) is 0 Å². The second-order valence-electron chi connectivity index (χ2n) is 5.67. The zero-order valence-corrected chi connectivity index (χ0v) is 14.9. The lowest BCUT2D eigenvalue weighted by molar-refractivity contribution is 0.0600. The molecule has 3 rings (SSSR count). The lowest BCUT2D eigenvalue weighted by Gasteiger charge is -2.14. The molecular weight excluding hydrogens is 332 g/mol. The number of methoxy groups -OCH3 is 3. The Morgan fingerprint density at radius 1 is 0.846 bits per heavy atom. The fourth-order valence-corrected chi connectivity index (χ4v) is 2.75. The van der Waals surface area contributed by atoms with E-state index in [0.717, 1.165) is 16.3 Å². The molecule has 3 aromatic rings. The van der Waals surface area contributed by atoms with E-state index in [-0.39, 0.29) is 0 Å². The summed E-state index contributed by atoms with van der Waals surface area (Å²) in [6, 6.07) is 17.0. The highest BCUT2D eigenvalue weighted by Crippen LogP contribution is 2.37. The number of rotatable bonds is 6. The maximum atomic E-state index is 11.9. The number of benzene rings is 3. The molecule has 0 saturated carbocycles. The Morgan fingerprint density at radius 2 is 1.58 bits per heavy atom. The van der Waals surface area contributed by atoms with E-state index in [2.05, 4.69) is 0 Å². The quantitative estimate of drug-likeness (QED) is 0.622. The summed E-state index contributed by atoms with van der Waals surface area (Å²) in [5.74, 6) is 1.33. The minimum Gasteiger partial charge on any atom is -0.496 e. The van der Waals surface area contributed by atoms with Crippen molar-refractivity contribution in [3.63, 3.8) is 0 Å². The predicted octanol–water partition coefficient (Wildman–Crippen LogP) is 4.22. The Balaban J connectivity index is 2.02. The molecule has 0 amide bonds. The van der Waals surface area contributed by atoms with Gasteiger partial charge in [-0.3, -0.25) is 0 Å².